The van der Waals surface area contributed by atoms with Gasteiger partial charge >= 0.3 is 0 Å². The van der Waals surface area contributed by atoms with E-state index in [9.17, 15) is 0 Å². The lowest BCUT2D eigenvalue weighted by Gasteiger charge is -2.24. The third-order valence-electron chi connectivity index (χ3n) is 3.60. The fourth-order valence-corrected chi connectivity index (χ4v) is 2.24. The molecule has 0 saturated heterocycles. The van der Waals surface area contributed by atoms with Crippen LogP contribution in [0.4, 0.5) is 0 Å². The number of nitrogens with zero attached hydrogens (tertiary/aromatic N) is 1. The molecule has 3 N–H and O–H groups in total. The Kier molecular flexibility index (Phi) is 3.09. The van der Waals surface area contributed by atoms with E-state index in [-0.39, 0.29) is 11.5 Å². The van der Waals surface area contributed by atoms with E-state index in [2.05, 4.69) is 30.7 Å². The van der Waals surface area contributed by atoms with Crippen LogP contribution in [0.2, 0.25) is 0 Å². The summed E-state index contributed by atoms with van der Waals surface area (Å²) in [6.45, 7) is 7.67. The average Bonchev–Trinajstić information content (AvgIpc) is 2.64. The molecule has 1 atom stereocenters. The molecular weight excluding hydrogens is 254 g/mol. The molecule has 0 spiro atoms. The van der Waals surface area contributed by atoms with Gasteiger partial charge in [-0.05, 0) is 5.41 Å². The van der Waals surface area contributed by atoms with Crippen LogP contribution in [0.1, 0.15) is 39.1 Å². The van der Waals surface area contributed by atoms with Crippen molar-refractivity contribution >= 4 is 11.0 Å². The van der Waals surface area contributed by atoms with E-state index < -0.39 is 0 Å². The second-order valence-electron chi connectivity index (χ2n) is 6.33. The van der Waals surface area contributed by atoms with Crippen LogP contribution in [-0.4, -0.2) is 23.2 Å². The quantitative estimate of drug-likeness (QED) is 0.839. The number of aromatic amines is 1. The molecule has 1 aliphatic rings. The summed E-state index contributed by atoms with van der Waals surface area (Å²) in [5.74, 6) is 2.33. The summed E-state index contributed by atoms with van der Waals surface area (Å²) < 4.78 is 11.4. The molecule has 0 amide bonds. The molecule has 0 bridgehead atoms. The summed E-state index contributed by atoms with van der Waals surface area (Å²) in [5, 5.41) is 0. The van der Waals surface area contributed by atoms with Crippen molar-refractivity contribution in [2.24, 2.45) is 11.1 Å². The standard InChI is InChI=1S/C15H21N3O2/c1-15(2,3)13(16)14-17-9-7-11-12(8-10(9)18-14)20-6-4-5-19-11/h7-8,13H,4-6,16H2,1-3H3,(H,17,18). The van der Waals surface area contributed by atoms with E-state index in [1.54, 1.807) is 0 Å². The molecule has 5 heteroatoms. The number of aromatic nitrogens is 2. The minimum atomic E-state index is -0.142. The monoisotopic (exact) mass is 275 g/mol. The average molecular weight is 275 g/mol. The fourth-order valence-electron chi connectivity index (χ4n) is 2.24. The molecule has 1 aromatic carbocycles. The number of nitrogens with one attached hydrogen (secondary N) is 1. The zero-order valence-corrected chi connectivity index (χ0v) is 12.2. The molecule has 1 aliphatic heterocycles. The molecule has 5 nitrogen and oxygen atoms in total. The van der Waals surface area contributed by atoms with Crippen LogP contribution in [0.5, 0.6) is 11.5 Å². The fraction of sp³-hybridized carbons (Fsp3) is 0.533. The predicted molar refractivity (Wildman–Crippen MR) is 78.1 cm³/mol. The molecule has 108 valence electrons. The summed E-state index contributed by atoms with van der Waals surface area (Å²) in [6, 6.07) is 3.73. The van der Waals surface area contributed by atoms with Crippen molar-refractivity contribution in [3.05, 3.63) is 18.0 Å². The Morgan fingerprint density at radius 2 is 1.85 bits per heavy atom. The van der Waals surface area contributed by atoms with Crippen molar-refractivity contribution in [1.82, 2.24) is 9.97 Å². The van der Waals surface area contributed by atoms with Gasteiger partial charge in [-0.15, -0.1) is 0 Å². The van der Waals surface area contributed by atoms with Crippen LogP contribution in [0.3, 0.4) is 0 Å². The summed E-state index contributed by atoms with van der Waals surface area (Å²) in [7, 11) is 0. The van der Waals surface area contributed by atoms with E-state index in [0.717, 1.165) is 34.8 Å². The molecule has 0 saturated carbocycles. The van der Waals surface area contributed by atoms with Crippen molar-refractivity contribution in [1.29, 1.82) is 0 Å². The van der Waals surface area contributed by atoms with E-state index >= 15 is 0 Å². The van der Waals surface area contributed by atoms with Crippen LogP contribution < -0.4 is 15.2 Å². The lowest BCUT2D eigenvalue weighted by molar-refractivity contribution is 0.297. The van der Waals surface area contributed by atoms with Crippen molar-refractivity contribution < 1.29 is 9.47 Å². The van der Waals surface area contributed by atoms with E-state index in [1.807, 2.05) is 12.1 Å². The van der Waals surface area contributed by atoms with Gasteiger partial charge in [0.25, 0.3) is 0 Å². The van der Waals surface area contributed by atoms with Crippen molar-refractivity contribution in [2.45, 2.75) is 33.2 Å². The second kappa shape index (κ2) is 4.66. The number of H-pyrrole nitrogens is 1. The highest BCUT2D eigenvalue weighted by Gasteiger charge is 2.25. The third kappa shape index (κ3) is 2.33. The minimum absolute atomic E-state index is 0.0437. The Balaban J connectivity index is 2.04. The summed E-state index contributed by atoms with van der Waals surface area (Å²) in [4.78, 5) is 7.90. The smallest absolute Gasteiger partial charge is 0.163 e. The first-order valence-corrected chi connectivity index (χ1v) is 7.00. The van der Waals surface area contributed by atoms with Gasteiger partial charge in [0.2, 0.25) is 0 Å². The number of hydrogen-bond acceptors (Lipinski definition) is 4. The third-order valence-corrected chi connectivity index (χ3v) is 3.60. The topological polar surface area (TPSA) is 73.2 Å². The zero-order chi connectivity index (χ0) is 14.3. The molecule has 2 heterocycles. The maximum Gasteiger partial charge on any atom is 0.163 e. The molecule has 20 heavy (non-hydrogen) atoms. The molecule has 0 fully saturated rings. The number of imidazole rings is 1. The highest BCUT2D eigenvalue weighted by molar-refractivity contribution is 5.80. The van der Waals surface area contributed by atoms with Crippen LogP contribution in [-0.2, 0) is 0 Å². The molecule has 0 radical (unpaired) electrons. The molecular formula is C15H21N3O2. The maximum atomic E-state index is 6.26. The Labute approximate surface area is 118 Å². The van der Waals surface area contributed by atoms with Crippen LogP contribution >= 0.6 is 0 Å². The largest absolute Gasteiger partial charge is 0.489 e. The van der Waals surface area contributed by atoms with Gasteiger partial charge in [-0.25, -0.2) is 4.98 Å². The summed E-state index contributed by atoms with van der Waals surface area (Å²) in [5.41, 5.74) is 8.01. The SMILES string of the molecule is CC(C)(C)C(N)c1nc2cc3c(cc2[nH]1)OCCCO3. The van der Waals surface area contributed by atoms with Gasteiger partial charge in [-0.2, -0.15) is 0 Å². The molecule has 1 aromatic heterocycles. The van der Waals surface area contributed by atoms with Gasteiger partial charge in [0.1, 0.15) is 5.82 Å². The van der Waals surface area contributed by atoms with Gasteiger partial charge in [0.05, 0.1) is 30.3 Å². The highest BCUT2D eigenvalue weighted by Crippen LogP contribution is 2.35. The Morgan fingerprint density at radius 1 is 1.20 bits per heavy atom. The Morgan fingerprint density at radius 3 is 2.50 bits per heavy atom. The van der Waals surface area contributed by atoms with E-state index in [0.29, 0.717) is 13.2 Å². The van der Waals surface area contributed by atoms with Crippen LogP contribution in [0, 0.1) is 5.41 Å². The zero-order valence-electron chi connectivity index (χ0n) is 12.2. The summed E-state index contributed by atoms with van der Waals surface area (Å²) >= 11 is 0. The van der Waals surface area contributed by atoms with Gasteiger partial charge in [0, 0.05) is 18.6 Å². The number of ether oxygens (including phenoxy) is 2. The van der Waals surface area contributed by atoms with Gasteiger partial charge in [-0.1, -0.05) is 20.8 Å². The first kappa shape index (κ1) is 13.2. The van der Waals surface area contributed by atoms with Crippen molar-refractivity contribution in [3.63, 3.8) is 0 Å². The molecule has 2 aromatic rings. The van der Waals surface area contributed by atoms with Gasteiger partial charge in [-0.3, -0.25) is 0 Å². The number of rotatable bonds is 1. The maximum absolute atomic E-state index is 6.26. The van der Waals surface area contributed by atoms with Crippen molar-refractivity contribution in [3.8, 4) is 11.5 Å². The van der Waals surface area contributed by atoms with E-state index in [1.165, 1.54) is 0 Å². The molecule has 1 unspecified atom stereocenters. The number of benzene rings is 1. The summed E-state index contributed by atoms with van der Waals surface area (Å²) in [6.07, 6.45) is 0.899. The lowest BCUT2D eigenvalue weighted by Crippen LogP contribution is -2.27. The number of fused-ring (bicyclic) bond motifs is 2. The number of hydrogen-bond donors (Lipinski definition) is 2. The highest BCUT2D eigenvalue weighted by atomic mass is 16.5. The lowest BCUT2D eigenvalue weighted by atomic mass is 9.87. The van der Waals surface area contributed by atoms with Gasteiger partial charge < -0.3 is 20.2 Å². The Hall–Kier alpha value is -1.75. The van der Waals surface area contributed by atoms with Crippen LogP contribution in [0.25, 0.3) is 11.0 Å². The minimum Gasteiger partial charge on any atom is -0.489 e. The van der Waals surface area contributed by atoms with E-state index in [4.69, 9.17) is 15.2 Å². The van der Waals surface area contributed by atoms with Crippen LogP contribution in [0.15, 0.2) is 12.1 Å². The van der Waals surface area contributed by atoms with Crippen molar-refractivity contribution in [2.75, 3.05) is 13.2 Å². The van der Waals surface area contributed by atoms with Gasteiger partial charge in [0.15, 0.2) is 11.5 Å². The predicted octanol–water partition coefficient (Wildman–Crippen LogP) is 2.77. The molecule has 0 aliphatic carbocycles. The molecule has 3 rings (SSSR count). The Bertz CT molecular complexity index is 585. The number of nitrogens with two attached hydrogens (primary N) is 1. The first-order valence-electron chi connectivity index (χ1n) is 7.00. The normalized spacial score (nSPS) is 17.0. The second-order valence-corrected chi connectivity index (χ2v) is 6.33. The first-order chi connectivity index (χ1) is 9.45.